The Morgan fingerprint density at radius 2 is 2.33 bits per heavy atom. The molecule has 2 heterocycles. The Morgan fingerprint density at radius 3 is 2.94 bits per heavy atom. The van der Waals surface area contributed by atoms with Gasteiger partial charge in [0.15, 0.2) is 9.84 Å². The van der Waals surface area contributed by atoms with E-state index in [1.54, 1.807) is 12.4 Å². The number of nitrogens with zero attached hydrogens (tertiary/aromatic N) is 1. The molecule has 0 aliphatic carbocycles. The third-order valence-electron chi connectivity index (χ3n) is 3.47. The van der Waals surface area contributed by atoms with E-state index >= 15 is 0 Å². The van der Waals surface area contributed by atoms with Crippen LogP contribution in [0.1, 0.15) is 24.8 Å². The van der Waals surface area contributed by atoms with Gasteiger partial charge in [-0.25, -0.2) is 8.42 Å². The fraction of sp³-hybridized carbons (Fsp3) is 0.583. The summed E-state index contributed by atoms with van der Waals surface area (Å²) in [6, 6.07) is 3.55. The first kappa shape index (κ1) is 13.5. The first-order valence-corrected chi connectivity index (χ1v) is 7.91. The number of rotatable bonds is 4. The molecule has 3 N–H and O–H groups in total. The lowest BCUT2D eigenvalue weighted by molar-refractivity contribution is 0.440. The van der Waals surface area contributed by atoms with Gasteiger partial charge in [-0.3, -0.25) is 16.3 Å². The minimum Gasteiger partial charge on any atom is -0.271 e. The average Bonchev–Trinajstić information content (AvgIpc) is 2.37. The monoisotopic (exact) mass is 269 g/mol. The summed E-state index contributed by atoms with van der Waals surface area (Å²) >= 11 is 0. The van der Waals surface area contributed by atoms with Crippen LogP contribution in [0.2, 0.25) is 0 Å². The SMILES string of the molecule is NNC(Cc1cccnc1)C1CCCCS1(=O)=O. The molecular formula is C12H19N3O2S. The molecule has 2 unspecified atom stereocenters. The Kier molecular flexibility index (Phi) is 4.31. The van der Waals surface area contributed by atoms with Gasteiger partial charge in [-0.05, 0) is 30.9 Å². The quantitative estimate of drug-likeness (QED) is 0.611. The number of aromatic nitrogens is 1. The molecule has 1 aliphatic rings. The summed E-state index contributed by atoms with van der Waals surface area (Å²) in [6.45, 7) is 0. The predicted octanol–water partition coefficient (Wildman–Crippen LogP) is 0.423. The number of sulfone groups is 1. The van der Waals surface area contributed by atoms with Crippen LogP contribution >= 0.6 is 0 Å². The van der Waals surface area contributed by atoms with Gasteiger partial charge in [0.2, 0.25) is 0 Å². The molecule has 0 radical (unpaired) electrons. The van der Waals surface area contributed by atoms with Gasteiger partial charge < -0.3 is 0 Å². The lowest BCUT2D eigenvalue weighted by Crippen LogP contribution is -2.50. The Labute approximate surface area is 108 Å². The molecule has 1 fully saturated rings. The Balaban J connectivity index is 2.13. The van der Waals surface area contributed by atoms with Crippen LogP contribution < -0.4 is 11.3 Å². The zero-order valence-corrected chi connectivity index (χ0v) is 11.1. The van der Waals surface area contributed by atoms with E-state index < -0.39 is 9.84 Å². The molecule has 2 rings (SSSR count). The van der Waals surface area contributed by atoms with E-state index in [1.807, 2.05) is 12.1 Å². The van der Waals surface area contributed by atoms with Crippen LogP contribution in [0.15, 0.2) is 24.5 Å². The van der Waals surface area contributed by atoms with Crippen molar-refractivity contribution in [1.82, 2.24) is 10.4 Å². The summed E-state index contributed by atoms with van der Waals surface area (Å²) in [5.41, 5.74) is 3.67. The number of hydrazine groups is 1. The molecule has 0 saturated carbocycles. The number of hydrogen-bond acceptors (Lipinski definition) is 5. The van der Waals surface area contributed by atoms with Crippen molar-refractivity contribution in [2.75, 3.05) is 5.75 Å². The highest BCUT2D eigenvalue weighted by atomic mass is 32.2. The third-order valence-corrected chi connectivity index (χ3v) is 5.81. The van der Waals surface area contributed by atoms with Gasteiger partial charge in [0.05, 0.1) is 11.0 Å². The van der Waals surface area contributed by atoms with E-state index in [0.29, 0.717) is 12.8 Å². The van der Waals surface area contributed by atoms with Gasteiger partial charge in [0, 0.05) is 18.4 Å². The highest BCUT2D eigenvalue weighted by Crippen LogP contribution is 2.23. The van der Waals surface area contributed by atoms with Crippen molar-refractivity contribution in [3.63, 3.8) is 0 Å². The highest BCUT2D eigenvalue weighted by molar-refractivity contribution is 7.92. The fourth-order valence-electron chi connectivity index (χ4n) is 2.50. The Hall–Kier alpha value is -0.980. The molecule has 0 bridgehead atoms. The van der Waals surface area contributed by atoms with Crippen molar-refractivity contribution in [2.45, 2.75) is 37.0 Å². The van der Waals surface area contributed by atoms with E-state index in [1.165, 1.54) is 0 Å². The molecule has 1 aromatic heterocycles. The lowest BCUT2D eigenvalue weighted by Gasteiger charge is -2.29. The standard InChI is InChI=1S/C12H19N3O2S/c13-15-11(8-10-4-3-6-14-9-10)12-5-1-2-7-18(12,16)17/h3-4,6,9,11-12,15H,1-2,5,7-8,13H2. The minimum absolute atomic E-state index is 0.237. The van der Waals surface area contributed by atoms with Crippen molar-refractivity contribution < 1.29 is 8.42 Å². The normalized spacial score (nSPS) is 24.6. The first-order chi connectivity index (χ1) is 8.63. The van der Waals surface area contributed by atoms with E-state index in [-0.39, 0.29) is 17.0 Å². The number of hydrogen-bond donors (Lipinski definition) is 2. The van der Waals surface area contributed by atoms with E-state index in [0.717, 1.165) is 18.4 Å². The van der Waals surface area contributed by atoms with Gasteiger partial charge in [0.1, 0.15) is 0 Å². The second-order valence-electron chi connectivity index (χ2n) is 4.74. The summed E-state index contributed by atoms with van der Waals surface area (Å²) in [7, 11) is -3.02. The second-order valence-corrected chi connectivity index (χ2v) is 7.08. The maximum absolute atomic E-state index is 12.1. The van der Waals surface area contributed by atoms with Crippen LogP contribution in [0.4, 0.5) is 0 Å². The van der Waals surface area contributed by atoms with Crippen LogP contribution in [0, 0.1) is 0 Å². The molecule has 18 heavy (non-hydrogen) atoms. The predicted molar refractivity (Wildman–Crippen MR) is 70.5 cm³/mol. The topological polar surface area (TPSA) is 85.1 Å². The van der Waals surface area contributed by atoms with Crippen LogP contribution in [-0.4, -0.2) is 30.4 Å². The Morgan fingerprint density at radius 1 is 1.50 bits per heavy atom. The molecule has 2 atom stereocenters. The van der Waals surface area contributed by atoms with Crippen molar-refractivity contribution in [3.8, 4) is 0 Å². The number of nitrogens with one attached hydrogen (secondary N) is 1. The minimum atomic E-state index is -3.02. The summed E-state index contributed by atoms with van der Waals surface area (Å²) in [5.74, 6) is 5.82. The van der Waals surface area contributed by atoms with Crippen molar-refractivity contribution in [2.24, 2.45) is 5.84 Å². The maximum Gasteiger partial charge on any atom is 0.154 e. The smallest absolute Gasteiger partial charge is 0.154 e. The number of nitrogens with two attached hydrogens (primary N) is 1. The van der Waals surface area contributed by atoms with E-state index in [2.05, 4.69) is 10.4 Å². The molecule has 100 valence electrons. The number of pyridine rings is 1. The molecule has 1 aliphatic heterocycles. The van der Waals surface area contributed by atoms with Gasteiger partial charge >= 0.3 is 0 Å². The largest absolute Gasteiger partial charge is 0.271 e. The molecule has 1 aromatic rings. The molecule has 0 amide bonds. The summed E-state index contributed by atoms with van der Waals surface area (Å²) in [6.07, 6.45) is 6.45. The molecule has 6 heteroatoms. The van der Waals surface area contributed by atoms with Gasteiger partial charge in [-0.1, -0.05) is 12.5 Å². The molecule has 0 aromatic carbocycles. The first-order valence-electron chi connectivity index (χ1n) is 6.20. The average molecular weight is 269 g/mol. The van der Waals surface area contributed by atoms with E-state index in [9.17, 15) is 8.42 Å². The zero-order chi connectivity index (χ0) is 13.0. The zero-order valence-electron chi connectivity index (χ0n) is 10.2. The van der Waals surface area contributed by atoms with Crippen LogP contribution in [0.5, 0.6) is 0 Å². The summed E-state index contributed by atoms with van der Waals surface area (Å²) < 4.78 is 24.1. The molecule has 0 spiro atoms. The maximum atomic E-state index is 12.1. The molecule has 1 saturated heterocycles. The van der Waals surface area contributed by atoms with Crippen LogP contribution in [0.3, 0.4) is 0 Å². The van der Waals surface area contributed by atoms with Crippen molar-refractivity contribution >= 4 is 9.84 Å². The van der Waals surface area contributed by atoms with Gasteiger partial charge in [-0.2, -0.15) is 0 Å². The third kappa shape index (κ3) is 3.07. The van der Waals surface area contributed by atoms with Gasteiger partial charge in [-0.15, -0.1) is 0 Å². The second kappa shape index (κ2) is 5.77. The lowest BCUT2D eigenvalue weighted by atomic mass is 10.0. The van der Waals surface area contributed by atoms with Gasteiger partial charge in [0.25, 0.3) is 0 Å². The van der Waals surface area contributed by atoms with Crippen molar-refractivity contribution in [3.05, 3.63) is 30.1 Å². The molecule has 5 nitrogen and oxygen atoms in total. The Bertz CT molecular complexity index is 475. The van der Waals surface area contributed by atoms with Crippen molar-refractivity contribution in [1.29, 1.82) is 0 Å². The fourth-order valence-corrected chi connectivity index (χ4v) is 4.61. The molecular weight excluding hydrogens is 250 g/mol. The summed E-state index contributed by atoms with van der Waals surface area (Å²) in [5, 5.41) is -0.378. The van der Waals surface area contributed by atoms with Crippen LogP contribution in [0.25, 0.3) is 0 Å². The van der Waals surface area contributed by atoms with E-state index in [4.69, 9.17) is 5.84 Å². The summed E-state index contributed by atoms with van der Waals surface area (Å²) in [4.78, 5) is 4.04. The highest BCUT2D eigenvalue weighted by Gasteiger charge is 2.35. The van der Waals surface area contributed by atoms with Crippen LogP contribution in [-0.2, 0) is 16.3 Å².